The summed E-state index contributed by atoms with van der Waals surface area (Å²) in [6, 6.07) is 2.54. The molecule has 1 rings (SSSR count). The fourth-order valence-corrected chi connectivity index (χ4v) is 1.26. The van der Waals surface area contributed by atoms with Crippen molar-refractivity contribution in [3.05, 3.63) is 27.7 Å². The van der Waals surface area contributed by atoms with E-state index in [0.717, 1.165) is 6.07 Å². The molecule has 0 spiro atoms. The molecular formula is C9H8F3N3O2. The zero-order chi connectivity index (χ0) is 13.1. The van der Waals surface area contributed by atoms with Crippen LogP contribution in [0.15, 0.2) is 10.9 Å². The minimum absolute atomic E-state index is 0.101. The summed E-state index contributed by atoms with van der Waals surface area (Å²) in [4.78, 5) is 13.2. The second-order valence-corrected chi connectivity index (χ2v) is 3.05. The molecule has 0 amide bonds. The molecule has 0 bridgehead atoms. The quantitative estimate of drug-likeness (QED) is 0.826. The molecule has 0 atom stereocenters. The van der Waals surface area contributed by atoms with E-state index in [1.807, 2.05) is 0 Å². The van der Waals surface area contributed by atoms with Gasteiger partial charge in [-0.3, -0.25) is 4.79 Å². The predicted octanol–water partition coefficient (Wildman–Crippen LogP) is 0.798. The third-order valence-electron chi connectivity index (χ3n) is 1.84. The summed E-state index contributed by atoms with van der Waals surface area (Å²) in [7, 11) is 0. The van der Waals surface area contributed by atoms with E-state index in [-0.39, 0.29) is 17.8 Å². The summed E-state index contributed by atoms with van der Waals surface area (Å²) >= 11 is 0. The highest BCUT2D eigenvalue weighted by atomic mass is 19.4. The van der Waals surface area contributed by atoms with Gasteiger partial charge in [-0.1, -0.05) is 0 Å². The summed E-state index contributed by atoms with van der Waals surface area (Å²) < 4.78 is 40.2. The molecule has 0 saturated carbocycles. The topological polar surface area (TPSA) is 91.9 Å². The molecule has 3 N–H and O–H groups in total. The van der Waals surface area contributed by atoms with Gasteiger partial charge in [0.15, 0.2) is 5.75 Å². The largest absolute Gasteiger partial charge is 0.573 e. The van der Waals surface area contributed by atoms with Gasteiger partial charge >= 0.3 is 6.36 Å². The van der Waals surface area contributed by atoms with E-state index in [1.165, 1.54) is 0 Å². The smallest absolute Gasteiger partial charge is 0.404 e. The van der Waals surface area contributed by atoms with Gasteiger partial charge in [0.2, 0.25) is 5.56 Å². The van der Waals surface area contributed by atoms with Crippen molar-refractivity contribution in [3.63, 3.8) is 0 Å². The van der Waals surface area contributed by atoms with Crippen LogP contribution in [0.5, 0.6) is 5.75 Å². The first-order valence-electron chi connectivity index (χ1n) is 4.45. The van der Waals surface area contributed by atoms with E-state index < -0.39 is 24.1 Å². The highest BCUT2D eigenvalue weighted by molar-refractivity contribution is 5.38. The number of nitriles is 1. The molecule has 17 heavy (non-hydrogen) atoms. The number of hydrogen-bond acceptors (Lipinski definition) is 4. The molecule has 0 aliphatic rings. The number of H-pyrrole nitrogens is 1. The van der Waals surface area contributed by atoms with Gasteiger partial charge in [0, 0.05) is 18.2 Å². The Kier molecular flexibility index (Phi) is 3.75. The molecule has 0 aromatic carbocycles. The number of ether oxygens (including phenoxy) is 1. The SMILES string of the molecule is N#CCc1[nH]c(=O)cc(CN)c1OC(F)(F)F. The fourth-order valence-electron chi connectivity index (χ4n) is 1.26. The van der Waals surface area contributed by atoms with Crippen molar-refractivity contribution in [2.45, 2.75) is 19.3 Å². The molecule has 0 aliphatic heterocycles. The maximum atomic E-state index is 12.1. The predicted molar refractivity (Wildman–Crippen MR) is 51.0 cm³/mol. The van der Waals surface area contributed by atoms with Crippen LogP contribution >= 0.6 is 0 Å². The second-order valence-electron chi connectivity index (χ2n) is 3.05. The number of hydrogen-bond donors (Lipinski definition) is 2. The molecule has 5 nitrogen and oxygen atoms in total. The van der Waals surface area contributed by atoms with Gasteiger partial charge in [0.25, 0.3) is 0 Å². The Labute approximate surface area is 93.6 Å². The number of pyridine rings is 1. The summed E-state index contributed by atoms with van der Waals surface area (Å²) in [6.07, 6.45) is -5.32. The Balaban J connectivity index is 3.32. The first kappa shape index (κ1) is 13.1. The zero-order valence-corrected chi connectivity index (χ0v) is 8.47. The number of nitrogens with one attached hydrogen (secondary N) is 1. The van der Waals surface area contributed by atoms with Crippen molar-refractivity contribution >= 4 is 0 Å². The van der Waals surface area contributed by atoms with Crippen molar-refractivity contribution in [2.75, 3.05) is 0 Å². The number of rotatable bonds is 3. The van der Waals surface area contributed by atoms with Crippen LogP contribution in [0.25, 0.3) is 0 Å². The highest BCUT2D eigenvalue weighted by Gasteiger charge is 2.33. The fraction of sp³-hybridized carbons (Fsp3) is 0.333. The summed E-state index contributed by atoms with van der Waals surface area (Å²) in [5.41, 5.74) is 4.25. The van der Waals surface area contributed by atoms with E-state index in [0.29, 0.717) is 0 Å². The Hall–Kier alpha value is -2.01. The lowest BCUT2D eigenvalue weighted by Gasteiger charge is -2.14. The minimum atomic E-state index is -4.91. The van der Waals surface area contributed by atoms with E-state index in [2.05, 4.69) is 9.72 Å². The standard InChI is InChI=1S/C9H8F3N3O2/c10-9(11,12)17-8-5(4-14)3-7(16)15-6(8)1-2-13/h3H,1,4,14H2,(H,15,16). The van der Waals surface area contributed by atoms with Gasteiger partial charge < -0.3 is 15.5 Å². The summed E-state index contributed by atoms with van der Waals surface area (Å²) in [6.45, 7) is -0.298. The van der Waals surface area contributed by atoms with Crippen LogP contribution in [0.1, 0.15) is 11.3 Å². The van der Waals surface area contributed by atoms with E-state index in [1.54, 1.807) is 6.07 Å². The molecule has 1 heterocycles. The minimum Gasteiger partial charge on any atom is -0.404 e. The maximum Gasteiger partial charge on any atom is 0.573 e. The average Bonchev–Trinajstić information content (AvgIpc) is 2.20. The van der Waals surface area contributed by atoms with E-state index in [9.17, 15) is 18.0 Å². The molecule has 0 unspecified atom stereocenters. The van der Waals surface area contributed by atoms with E-state index >= 15 is 0 Å². The van der Waals surface area contributed by atoms with Crippen LogP contribution in [0.2, 0.25) is 0 Å². The molecule has 8 heteroatoms. The van der Waals surface area contributed by atoms with Crippen LogP contribution < -0.4 is 16.0 Å². The van der Waals surface area contributed by atoms with Crippen LogP contribution in [0.3, 0.4) is 0 Å². The summed E-state index contributed by atoms with van der Waals surface area (Å²) in [5, 5.41) is 8.46. The lowest BCUT2D eigenvalue weighted by molar-refractivity contribution is -0.275. The molecule has 1 aromatic heterocycles. The third kappa shape index (κ3) is 3.49. The van der Waals surface area contributed by atoms with Crippen molar-refractivity contribution in [1.82, 2.24) is 4.98 Å². The molecule has 0 saturated heterocycles. The number of nitrogens with two attached hydrogens (primary N) is 1. The van der Waals surface area contributed by atoms with E-state index in [4.69, 9.17) is 11.0 Å². The number of nitrogens with zero attached hydrogens (tertiary/aromatic N) is 1. The van der Waals surface area contributed by atoms with Crippen molar-refractivity contribution in [3.8, 4) is 11.8 Å². The first-order chi connectivity index (χ1) is 7.87. The highest BCUT2D eigenvalue weighted by Crippen LogP contribution is 2.28. The molecule has 92 valence electrons. The van der Waals surface area contributed by atoms with Crippen molar-refractivity contribution in [2.24, 2.45) is 5.73 Å². The van der Waals surface area contributed by atoms with Gasteiger partial charge in [0.05, 0.1) is 18.2 Å². The maximum absolute atomic E-state index is 12.1. The van der Waals surface area contributed by atoms with Crippen LogP contribution in [-0.4, -0.2) is 11.3 Å². The van der Waals surface area contributed by atoms with Gasteiger partial charge in [-0.05, 0) is 0 Å². The normalized spacial score (nSPS) is 11.0. The summed E-state index contributed by atoms with van der Waals surface area (Å²) in [5.74, 6) is -0.610. The van der Waals surface area contributed by atoms with Gasteiger partial charge in [-0.25, -0.2) is 0 Å². The number of halogens is 3. The van der Waals surface area contributed by atoms with Crippen molar-refractivity contribution in [1.29, 1.82) is 5.26 Å². The van der Waals surface area contributed by atoms with Crippen LogP contribution in [0, 0.1) is 11.3 Å². The van der Waals surface area contributed by atoms with Gasteiger partial charge in [0.1, 0.15) is 0 Å². The zero-order valence-electron chi connectivity index (χ0n) is 8.47. The first-order valence-corrected chi connectivity index (χ1v) is 4.45. The average molecular weight is 247 g/mol. The lowest BCUT2D eigenvalue weighted by atomic mass is 10.1. The van der Waals surface area contributed by atoms with Crippen LogP contribution in [-0.2, 0) is 13.0 Å². The number of aromatic nitrogens is 1. The lowest BCUT2D eigenvalue weighted by Crippen LogP contribution is -2.22. The molecular weight excluding hydrogens is 239 g/mol. The van der Waals surface area contributed by atoms with Crippen LogP contribution in [0.4, 0.5) is 13.2 Å². The third-order valence-corrected chi connectivity index (χ3v) is 1.84. The monoisotopic (exact) mass is 247 g/mol. The Morgan fingerprint density at radius 3 is 2.65 bits per heavy atom. The molecule has 1 aromatic rings. The second kappa shape index (κ2) is 4.88. The number of alkyl halides is 3. The molecule has 0 fully saturated rings. The Morgan fingerprint density at radius 1 is 1.53 bits per heavy atom. The van der Waals surface area contributed by atoms with Gasteiger partial charge in [-0.2, -0.15) is 5.26 Å². The van der Waals surface area contributed by atoms with Gasteiger partial charge in [-0.15, -0.1) is 13.2 Å². The van der Waals surface area contributed by atoms with Crippen molar-refractivity contribution < 1.29 is 17.9 Å². The molecule has 0 aliphatic carbocycles. The Bertz CT molecular complexity index is 502. The molecule has 0 radical (unpaired) electrons. The number of aromatic amines is 1. The Morgan fingerprint density at radius 2 is 2.18 bits per heavy atom.